The Morgan fingerprint density at radius 2 is 1.71 bits per heavy atom. The van der Waals surface area contributed by atoms with Crippen LogP contribution in [0.2, 0.25) is 0 Å². The van der Waals surface area contributed by atoms with Crippen molar-refractivity contribution in [2.45, 2.75) is 19.4 Å². The molecule has 0 saturated heterocycles. The second-order valence-electron chi connectivity index (χ2n) is 3.12. The molecule has 0 spiro atoms. The molecule has 0 saturated carbocycles. The third-order valence-corrected chi connectivity index (χ3v) is 1.72. The van der Waals surface area contributed by atoms with Crippen LogP contribution in [0.4, 0.5) is 13.2 Å². The lowest BCUT2D eigenvalue weighted by Crippen LogP contribution is -2.22. The third-order valence-electron chi connectivity index (χ3n) is 1.72. The summed E-state index contributed by atoms with van der Waals surface area (Å²) in [5, 5.41) is 8.55. The predicted molar refractivity (Wildman–Crippen MR) is 50.9 cm³/mol. The minimum absolute atomic E-state index is 0.148. The van der Waals surface area contributed by atoms with Gasteiger partial charge in [0, 0.05) is 0 Å². The number of rotatable bonds is 4. The van der Waals surface area contributed by atoms with E-state index >= 15 is 0 Å². The number of benzene rings is 1. The lowest BCUT2D eigenvalue weighted by atomic mass is 10.3. The number of hydrogen-bond acceptors (Lipinski definition) is 3. The molecule has 0 radical (unpaired) electrons. The van der Waals surface area contributed by atoms with Gasteiger partial charge in [0.1, 0.15) is 11.5 Å². The first kappa shape index (κ1) is 13.1. The molecule has 1 aromatic carbocycles. The molecule has 1 aromatic rings. The Labute approximate surface area is 94.6 Å². The Morgan fingerprint density at radius 1 is 1.24 bits per heavy atom. The largest absolute Gasteiger partial charge is 0.573 e. The second-order valence-corrected chi connectivity index (χ2v) is 3.12. The highest BCUT2D eigenvalue weighted by molar-refractivity contribution is 5.72. The van der Waals surface area contributed by atoms with Crippen LogP contribution in [0, 0.1) is 0 Å². The summed E-state index contributed by atoms with van der Waals surface area (Å²) in [5.74, 6) is -1.41. The molecule has 7 heteroatoms. The number of carbonyl (C=O) groups is 1. The maximum absolute atomic E-state index is 11.8. The molecule has 17 heavy (non-hydrogen) atoms. The van der Waals surface area contributed by atoms with Gasteiger partial charge in [0.25, 0.3) is 0 Å². The normalized spacial score (nSPS) is 12.9. The monoisotopic (exact) mass is 250 g/mol. The Bertz CT molecular complexity index is 386. The maximum Gasteiger partial charge on any atom is 0.573 e. The van der Waals surface area contributed by atoms with Crippen LogP contribution >= 0.6 is 0 Å². The van der Waals surface area contributed by atoms with Crippen molar-refractivity contribution in [2.24, 2.45) is 0 Å². The first-order chi connectivity index (χ1) is 7.78. The van der Waals surface area contributed by atoms with E-state index in [-0.39, 0.29) is 5.75 Å². The van der Waals surface area contributed by atoms with Gasteiger partial charge in [-0.1, -0.05) is 0 Å². The van der Waals surface area contributed by atoms with Crippen LogP contribution in [0.5, 0.6) is 11.5 Å². The van der Waals surface area contributed by atoms with Gasteiger partial charge in [-0.05, 0) is 31.2 Å². The van der Waals surface area contributed by atoms with Crippen molar-refractivity contribution in [3.8, 4) is 11.5 Å². The van der Waals surface area contributed by atoms with Crippen molar-refractivity contribution < 1.29 is 32.5 Å². The molecule has 1 N–H and O–H groups in total. The summed E-state index contributed by atoms with van der Waals surface area (Å²) in [6.45, 7) is 1.31. The van der Waals surface area contributed by atoms with Gasteiger partial charge < -0.3 is 14.6 Å². The summed E-state index contributed by atoms with van der Waals surface area (Å²) >= 11 is 0. The Balaban J connectivity index is 2.65. The topological polar surface area (TPSA) is 55.8 Å². The molecule has 0 unspecified atom stereocenters. The first-order valence-corrected chi connectivity index (χ1v) is 4.53. The molecule has 0 aliphatic heterocycles. The standard InChI is InChI=1S/C10H9F3O4/c1-6(9(14)15)16-7-2-4-8(5-3-7)17-10(11,12)13/h2-6H,1H3,(H,14,15)/t6-/m0/s1. The van der Waals surface area contributed by atoms with E-state index in [1.165, 1.54) is 19.1 Å². The summed E-state index contributed by atoms with van der Waals surface area (Å²) in [6, 6.07) is 4.47. The maximum atomic E-state index is 11.8. The van der Waals surface area contributed by atoms with Crippen LogP contribution in [0.1, 0.15) is 6.92 Å². The van der Waals surface area contributed by atoms with Gasteiger partial charge in [-0.15, -0.1) is 13.2 Å². The minimum atomic E-state index is -4.75. The summed E-state index contributed by atoms with van der Waals surface area (Å²) in [6.07, 6.45) is -5.83. The van der Waals surface area contributed by atoms with E-state index in [1.54, 1.807) is 0 Å². The lowest BCUT2D eigenvalue weighted by molar-refractivity contribution is -0.274. The van der Waals surface area contributed by atoms with Gasteiger partial charge in [-0.2, -0.15) is 0 Å². The van der Waals surface area contributed by atoms with Crippen LogP contribution < -0.4 is 9.47 Å². The predicted octanol–water partition coefficient (Wildman–Crippen LogP) is 2.44. The highest BCUT2D eigenvalue weighted by atomic mass is 19.4. The van der Waals surface area contributed by atoms with Crippen LogP contribution in [0.25, 0.3) is 0 Å². The Hall–Kier alpha value is -1.92. The Kier molecular flexibility index (Phi) is 3.82. The van der Waals surface area contributed by atoms with E-state index in [1.807, 2.05) is 0 Å². The molecule has 0 heterocycles. The fourth-order valence-corrected chi connectivity index (χ4v) is 0.974. The van der Waals surface area contributed by atoms with Crippen molar-refractivity contribution >= 4 is 5.97 Å². The number of alkyl halides is 3. The van der Waals surface area contributed by atoms with Gasteiger partial charge in [-0.3, -0.25) is 0 Å². The van der Waals surface area contributed by atoms with Gasteiger partial charge in [0.15, 0.2) is 6.10 Å². The van der Waals surface area contributed by atoms with E-state index in [0.717, 1.165) is 12.1 Å². The molecule has 0 aliphatic rings. The number of carboxylic acid groups (broad SMARTS) is 1. The van der Waals surface area contributed by atoms with Crippen molar-refractivity contribution in [3.05, 3.63) is 24.3 Å². The molecule has 0 aromatic heterocycles. The van der Waals surface area contributed by atoms with Crippen molar-refractivity contribution in [3.63, 3.8) is 0 Å². The molecule has 0 amide bonds. The summed E-state index contributed by atoms with van der Waals surface area (Å²) in [5.41, 5.74) is 0. The molecule has 1 atom stereocenters. The number of hydrogen-bond donors (Lipinski definition) is 1. The smallest absolute Gasteiger partial charge is 0.479 e. The fraction of sp³-hybridized carbons (Fsp3) is 0.300. The zero-order chi connectivity index (χ0) is 13.1. The van der Waals surface area contributed by atoms with E-state index in [9.17, 15) is 18.0 Å². The molecule has 4 nitrogen and oxygen atoms in total. The average Bonchev–Trinajstić information content (AvgIpc) is 2.18. The van der Waals surface area contributed by atoms with Crippen LogP contribution in [0.15, 0.2) is 24.3 Å². The van der Waals surface area contributed by atoms with Crippen molar-refractivity contribution in [1.82, 2.24) is 0 Å². The van der Waals surface area contributed by atoms with Crippen molar-refractivity contribution in [1.29, 1.82) is 0 Å². The third kappa shape index (κ3) is 4.62. The van der Waals surface area contributed by atoms with Gasteiger partial charge >= 0.3 is 12.3 Å². The number of carboxylic acids is 1. The lowest BCUT2D eigenvalue weighted by Gasteiger charge is -2.12. The number of ether oxygens (including phenoxy) is 2. The molecule has 1 rings (SSSR count). The van der Waals surface area contributed by atoms with Gasteiger partial charge in [-0.25, -0.2) is 4.79 Å². The van der Waals surface area contributed by atoms with Gasteiger partial charge in [0.2, 0.25) is 0 Å². The second kappa shape index (κ2) is 4.94. The van der Waals surface area contributed by atoms with E-state index in [0.29, 0.717) is 0 Å². The summed E-state index contributed by atoms with van der Waals surface area (Å²) < 4.78 is 44.0. The number of aliphatic carboxylic acids is 1. The number of halogens is 3. The van der Waals surface area contributed by atoms with Crippen LogP contribution in [-0.2, 0) is 4.79 Å². The van der Waals surface area contributed by atoms with Crippen molar-refractivity contribution in [2.75, 3.05) is 0 Å². The zero-order valence-corrected chi connectivity index (χ0v) is 8.69. The van der Waals surface area contributed by atoms with E-state index in [4.69, 9.17) is 9.84 Å². The van der Waals surface area contributed by atoms with E-state index < -0.39 is 24.2 Å². The highest BCUT2D eigenvalue weighted by Crippen LogP contribution is 2.24. The van der Waals surface area contributed by atoms with Crippen LogP contribution in [-0.4, -0.2) is 23.5 Å². The zero-order valence-electron chi connectivity index (χ0n) is 8.69. The molecule has 0 bridgehead atoms. The minimum Gasteiger partial charge on any atom is -0.479 e. The summed E-state index contributed by atoms with van der Waals surface area (Å²) in [4.78, 5) is 10.5. The molecule has 94 valence electrons. The molecule has 0 fully saturated rings. The fourth-order valence-electron chi connectivity index (χ4n) is 0.974. The Morgan fingerprint density at radius 3 is 2.12 bits per heavy atom. The van der Waals surface area contributed by atoms with Crippen LogP contribution in [0.3, 0.4) is 0 Å². The SMILES string of the molecule is C[C@H](Oc1ccc(OC(F)(F)F)cc1)C(=O)O. The summed E-state index contributed by atoms with van der Waals surface area (Å²) in [7, 11) is 0. The molecular formula is C10H9F3O4. The quantitative estimate of drug-likeness (QED) is 0.891. The molecular weight excluding hydrogens is 241 g/mol. The van der Waals surface area contributed by atoms with E-state index in [2.05, 4.69) is 4.74 Å². The average molecular weight is 250 g/mol. The highest BCUT2D eigenvalue weighted by Gasteiger charge is 2.31. The van der Waals surface area contributed by atoms with Gasteiger partial charge in [0.05, 0.1) is 0 Å². The first-order valence-electron chi connectivity index (χ1n) is 4.53. The molecule has 0 aliphatic carbocycles.